The molecule has 23 heavy (non-hydrogen) atoms. The average molecular weight is 310 g/mol. The number of hydrogen-bond acceptors (Lipinski definition) is 5. The van der Waals surface area contributed by atoms with Crippen molar-refractivity contribution < 1.29 is 14.0 Å². The first-order valence-corrected chi connectivity index (χ1v) is 7.58. The molecular weight excluding hydrogens is 292 g/mol. The van der Waals surface area contributed by atoms with Crippen LogP contribution in [0, 0.1) is 0 Å². The van der Waals surface area contributed by atoms with Gasteiger partial charge in [-0.05, 0) is 25.2 Å². The lowest BCUT2D eigenvalue weighted by Crippen LogP contribution is -2.08. The van der Waals surface area contributed by atoms with Gasteiger partial charge in [0.1, 0.15) is 11.2 Å². The largest absolute Gasteiger partial charge is 0.455 e. The van der Waals surface area contributed by atoms with E-state index in [1.54, 1.807) is 12.1 Å². The summed E-state index contributed by atoms with van der Waals surface area (Å²) >= 11 is 0. The number of hydrogen-bond donors (Lipinski definition) is 2. The molecule has 0 radical (unpaired) electrons. The molecule has 0 aliphatic carbocycles. The summed E-state index contributed by atoms with van der Waals surface area (Å²) in [7, 11) is 0. The molecule has 0 saturated carbocycles. The summed E-state index contributed by atoms with van der Waals surface area (Å²) in [6.07, 6.45) is 0.518. The minimum Gasteiger partial charge on any atom is -0.455 e. The summed E-state index contributed by atoms with van der Waals surface area (Å²) in [5.74, 6) is -0.126. The first kappa shape index (κ1) is 15.4. The van der Waals surface area contributed by atoms with Crippen LogP contribution in [0.5, 0.6) is 0 Å². The van der Waals surface area contributed by atoms with Gasteiger partial charge in [-0.25, -0.2) is 0 Å². The van der Waals surface area contributed by atoms with E-state index in [-0.39, 0.29) is 37.5 Å². The third kappa shape index (κ3) is 2.65. The van der Waals surface area contributed by atoms with Crippen LogP contribution in [0.4, 0.5) is 0 Å². The van der Waals surface area contributed by atoms with Crippen molar-refractivity contribution in [2.24, 2.45) is 11.5 Å². The van der Waals surface area contributed by atoms with Crippen molar-refractivity contribution in [3.05, 3.63) is 47.5 Å². The Morgan fingerprint density at radius 1 is 0.783 bits per heavy atom. The van der Waals surface area contributed by atoms with Crippen LogP contribution < -0.4 is 11.5 Å². The number of carbonyl (C=O) groups is 2. The second-order valence-corrected chi connectivity index (χ2v) is 5.39. The predicted octanol–water partition coefficient (Wildman–Crippen LogP) is 2.65. The second-order valence-electron chi connectivity index (χ2n) is 5.39. The van der Waals surface area contributed by atoms with Gasteiger partial charge in [0.15, 0.2) is 11.6 Å². The van der Waals surface area contributed by atoms with E-state index in [1.165, 1.54) is 0 Å². The molecule has 3 rings (SSSR count). The molecule has 0 fully saturated rings. The van der Waals surface area contributed by atoms with Crippen molar-refractivity contribution in [1.82, 2.24) is 0 Å². The summed E-state index contributed by atoms with van der Waals surface area (Å²) in [6.45, 7) is 0.575. The fourth-order valence-electron chi connectivity index (χ4n) is 2.79. The van der Waals surface area contributed by atoms with E-state index in [2.05, 4.69) is 0 Å². The molecule has 1 heterocycles. The van der Waals surface area contributed by atoms with Crippen LogP contribution in [0.3, 0.4) is 0 Å². The summed E-state index contributed by atoms with van der Waals surface area (Å²) in [6, 6.07) is 10.9. The molecule has 0 aliphatic rings. The van der Waals surface area contributed by atoms with E-state index in [4.69, 9.17) is 15.9 Å². The number of rotatable bonds is 6. The highest BCUT2D eigenvalue weighted by atomic mass is 16.3. The Balaban J connectivity index is 2.26. The summed E-state index contributed by atoms with van der Waals surface area (Å²) in [5, 5.41) is 1.65. The molecule has 118 valence electrons. The van der Waals surface area contributed by atoms with E-state index >= 15 is 0 Å². The zero-order chi connectivity index (χ0) is 16.4. The number of fused-ring (bicyclic) bond motifs is 3. The van der Waals surface area contributed by atoms with Gasteiger partial charge < -0.3 is 15.9 Å². The summed E-state index contributed by atoms with van der Waals surface area (Å²) < 4.78 is 5.93. The van der Waals surface area contributed by atoms with Gasteiger partial charge in [0, 0.05) is 23.6 Å². The lowest BCUT2D eigenvalue weighted by molar-refractivity contribution is 0.0979. The van der Waals surface area contributed by atoms with Crippen molar-refractivity contribution in [2.45, 2.75) is 12.8 Å². The number of Topliss-reactive ketones (excluding diaryl/α,β-unsaturated/α-hetero) is 2. The third-order valence-electron chi connectivity index (χ3n) is 3.87. The topological polar surface area (TPSA) is 99.3 Å². The molecule has 0 saturated heterocycles. The highest BCUT2D eigenvalue weighted by Crippen LogP contribution is 2.33. The van der Waals surface area contributed by atoms with Crippen molar-refractivity contribution in [3.63, 3.8) is 0 Å². The second kappa shape index (κ2) is 6.32. The number of carbonyl (C=O) groups excluding carboxylic acids is 2. The molecule has 5 heteroatoms. The van der Waals surface area contributed by atoms with Crippen LogP contribution in [0.1, 0.15) is 33.6 Å². The Morgan fingerprint density at radius 3 is 1.61 bits per heavy atom. The quantitative estimate of drug-likeness (QED) is 0.682. The normalized spacial score (nSPS) is 11.2. The maximum Gasteiger partial charge on any atom is 0.167 e. The van der Waals surface area contributed by atoms with Crippen LogP contribution >= 0.6 is 0 Å². The number of para-hydroxylation sites is 2. The Kier molecular flexibility index (Phi) is 4.23. The fourth-order valence-corrected chi connectivity index (χ4v) is 2.79. The number of nitrogens with two attached hydrogens (primary N) is 2. The van der Waals surface area contributed by atoms with E-state index in [9.17, 15) is 9.59 Å². The van der Waals surface area contributed by atoms with Crippen LogP contribution in [0.25, 0.3) is 21.9 Å². The molecule has 1 aromatic heterocycles. The monoisotopic (exact) mass is 310 g/mol. The zero-order valence-corrected chi connectivity index (χ0v) is 12.7. The maximum atomic E-state index is 12.2. The summed E-state index contributed by atoms with van der Waals surface area (Å²) in [4.78, 5) is 24.5. The Bertz CT molecular complexity index is 824. The maximum absolute atomic E-state index is 12.2. The lowest BCUT2D eigenvalue weighted by atomic mass is 10.0. The molecule has 3 aromatic rings. The Labute approximate surface area is 133 Å². The average Bonchev–Trinajstić information content (AvgIpc) is 2.93. The van der Waals surface area contributed by atoms with Gasteiger partial charge in [0.25, 0.3) is 0 Å². The van der Waals surface area contributed by atoms with Crippen LogP contribution in [0.15, 0.2) is 40.8 Å². The fraction of sp³-hybridized carbons (Fsp3) is 0.222. The van der Waals surface area contributed by atoms with E-state index < -0.39 is 0 Å². The highest BCUT2D eigenvalue weighted by molar-refractivity contribution is 6.17. The first-order chi connectivity index (χ1) is 11.2. The molecule has 5 nitrogen and oxygen atoms in total. The predicted molar refractivity (Wildman–Crippen MR) is 89.7 cm³/mol. The smallest absolute Gasteiger partial charge is 0.167 e. The van der Waals surface area contributed by atoms with Gasteiger partial charge in [-0.15, -0.1) is 0 Å². The van der Waals surface area contributed by atoms with Crippen molar-refractivity contribution in [2.75, 3.05) is 13.1 Å². The SMILES string of the molecule is NCCC(=O)c1cccc2c1oc1c(C(=O)CCN)cccc12. The van der Waals surface area contributed by atoms with Crippen molar-refractivity contribution >= 4 is 33.5 Å². The van der Waals surface area contributed by atoms with E-state index in [1.807, 2.05) is 24.3 Å². The van der Waals surface area contributed by atoms with E-state index in [0.29, 0.717) is 22.3 Å². The molecule has 0 atom stereocenters. The lowest BCUT2D eigenvalue weighted by Gasteiger charge is -2.00. The summed E-state index contributed by atoms with van der Waals surface area (Å²) in [5.41, 5.74) is 13.0. The minimum atomic E-state index is -0.0630. The van der Waals surface area contributed by atoms with Gasteiger partial charge >= 0.3 is 0 Å². The number of furan rings is 1. The molecule has 0 amide bonds. The van der Waals surface area contributed by atoms with Gasteiger partial charge in [-0.3, -0.25) is 9.59 Å². The third-order valence-corrected chi connectivity index (χ3v) is 3.87. The molecular formula is C18H18N2O3. The van der Waals surface area contributed by atoms with Gasteiger partial charge in [0.05, 0.1) is 11.1 Å². The minimum absolute atomic E-state index is 0.0630. The zero-order valence-electron chi connectivity index (χ0n) is 12.7. The molecule has 0 unspecified atom stereocenters. The van der Waals surface area contributed by atoms with Crippen molar-refractivity contribution in [1.29, 1.82) is 0 Å². The number of ketones is 2. The molecule has 4 N–H and O–H groups in total. The van der Waals surface area contributed by atoms with Crippen LogP contribution in [0.2, 0.25) is 0 Å². The molecule has 0 spiro atoms. The van der Waals surface area contributed by atoms with Gasteiger partial charge in [0.2, 0.25) is 0 Å². The number of benzene rings is 2. The van der Waals surface area contributed by atoms with E-state index in [0.717, 1.165) is 10.8 Å². The standard InChI is InChI=1S/C18H18N2O3/c19-9-7-15(21)13-5-1-3-11-12-4-2-6-14(16(22)8-10-20)18(12)23-17(11)13/h1-6H,7-10,19-20H2. The molecule has 2 aromatic carbocycles. The van der Waals surface area contributed by atoms with Gasteiger partial charge in [-0.2, -0.15) is 0 Å². The van der Waals surface area contributed by atoms with Crippen LogP contribution in [-0.2, 0) is 0 Å². The molecule has 0 bridgehead atoms. The molecule has 0 aliphatic heterocycles. The van der Waals surface area contributed by atoms with Gasteiger partial charge in [-0.1, -0.05) is 24.3 Å². The Morgan fingerprint density at radius 2 is 1.22 bits per heavy atom. The first-order valence-electron chi connectivity index (χ1n) is 7.58. The van der Waals surface area contributed by atoms with Crippen molar-refractivity contribution in [3.8, 4) is 0 Å². The highest BCUT2D eigenvalue weighted by Gasteiger charge is 2.19. The van der Waals surface area contributed by atoms with Crippen LogP contribution in [-0.4, -0.2) is 24.7 Å². The Hall–Kier alpha value is -2.50.